The van der Waals surface area contributed by atoms with E-state index in [1.165, 1.54) is 0 Å². The number of ether oxygens (including phenoxy) is 3. The molecule has 1 fully saturated rings. The second-order valence-electron chi connectivity index (χ2n) is 4.59. The first-order valence-corrected chi connectivity index (χ1v) is 6.41. The smallest absolute Gasteiger partial charge is 0.199 e. The Morgan fingerprint density at radius 1 is 1.22 bits per heavy atom. The number of Topliss-reactive ketones (excluding diaryl/α,β-unsaturated/α-hetero) is 1. The summed E-state index contributed by atoms with van der Waals surface area (Å²) in [5.41, 5.74) is 0.651. The van der Waals surface area contributed by atoms with Gasteiger partial charge in [-0.3, -0.25) is 4.79 Å². The van der Waals surface area contributed by atoms with E-state index in [4.69, 9.17) is 14.2 Å². The van der Waals surface area contributed by atoms with Crippen LogP contribution in [0.4, 0.5) is 0 Å². The van der Waals surface area contributed by atoms with E-state index in [-0.39, 0.29) is 12.1 Å². The molecule has 4 heteroatoms. The van der Waals surface area contributed by atoms with Gasteiger partial charge in [-0.15, -0.1) is 0 Å². The van der Waals surface area contributed by atoms with Gasteiger partial charge < -0.3 is 14.2 Å². The Bertz CT molecular complexity index is 449. The summed E-state index contributed by atoms with van der Waals surface area (Å²) in [4.78, 5) is 11.6. The molecule has 1 atom stereocenters. The summed E-state index contributed by atoms with van der Waals surface area (Å²) in [5, 5.41) is 0. The maximum Gasteiger partial charge on any atom is 0.199 e. The van der Waals surface area contributed by atoms with Crippen molar-refractivity contribution in [2.45, 2.75) is 32.0 Å². The molecule has 0 N–H and O–H groups in total. The Balaban J connectivity index is 1.75. The molecule has 0 aromatic heterocycles. The summed E-state index contributed by atoms with van der Waals surface area (Å²) in [6, 6.07) is 5.36. The van der Waals surface area contributed by atoms with Crippen LogP contribution >= 0.6 is 0 Å². The number of hydrogen-bond donors (Lipinski definition) is 0. The van der Waals surface area contributed by atoms with E-state index < -0.39 is 0 Å². The number of fused-ring (bicyclic) bond motifs is 1. The van der Waals surface area contributed by atoms with Crippen LogP contribution in [0, 0.1) is 0 Å². The van der Waals surface area contributed by atoms with E-state index in [2.05, 4.69) is 0 Å². The summed E-state index contributed by atoms with van der Waals surface area (Å²) < 4.78 is 16.7. The largest absolute Gasteiger partial charge is 0.492 e. The van der Waals surface area contributed by atoms with Gasteiger partial charge >= 0.3 is 0 Å². The molecule has 4 nitrogen and oxygen atoms in total. The Morgan fingerprint density at radius 2 is 2.17 bits per heavy atom. The van der Waals surface area contributed by atoms with E-state index in [1.54, 1.807) is 12.1 Å². The molecule has 1 aromatic rings. The molecule has 1 aromatic carbocycles. The number of carbonyl (C=O) groups excluding carboxylic acids is 1. The number of carbonyl (C=O) groups is 1. The molecule has 2 aliphatic rings. The lowest BCUT2D eigenvalue weighted by atomic mass is 10.1. The minimum atomic E-state index is -0.170. The second kappa shape index (κ2) is 4.98. The number of rotatable bonds is 2. The normalized spacial score (nSPS) is 23.1. The quantitative estimate of drug-likeness (QED) is 0.806. The predicted octanol–water partition coefficient (Wildman–Crippen LogP) is 2.56. The van der Waals surface area contributed by atoms with Gasteiger partial charge in [0.1, 0.15) is 11.5 Å². The molecular weight excluding hydrogens is 232 g/mol. The van der Waals surface area contributed by atoms with Crippen molar-refractivity contribution in [1.82, 2.24) is 0 Å². The summed E-state index contributed by atoms with van der Waals surface area (Å²) in [5.74, 6) is 1.46. The number of hydrogen-bond acceptors (Lipinski definition) is 4. The van der Waals surface area contributed by atoms with Crippen molar-refractivity contribution in [3.63, 3.8) is 0 Å². The van der Waals surface area contributed by atoms with Crippen LogP contribution in [0.15, 0.2) is 18.2 Å². The SMILES string of the molecule is O=C1CCOc2cc(OC3CCCCO3)ccc21. The molecule has 1 saturated heterocycles. The zero-order valence-corrected chi connectivity index (χ0v) is 10.2. The molecule has 0 spiro atoms. The second-order valence-corrected chi connectivity index (χ2v) is 4.59. The van der Waals surface area contributed by atoms with Crippen LogP contribution < -0.4 is 9.47 Å². The number of benzene rings is 1. The summed E-state index contributed by atoms with van der Waals surface area (Å²) in [6.45, 7) is 1.21. The Hall–Kier alpha value is -1.55. The van der Waals surface area contributed by atoms with E-state index in [1.807, 2.05) is 6.07 Å². The molecule has 0 aliphatic carbocycles. The van der Waals surface area contributed by atoms with E-state index in [0.717, 1.165) is 25.9 Å². The average molecular weight is 248 g/mol. The summed E-state index contributed by atoms with van der Waals surface area (Å²) in [6.07, 6.45) is 3.43. The fraction of sp³-hybridized carbons (Fsp3) is 0.500. The van der Waals surface area contributed by atoms with Crippen LogP contribution in [0.2, 0.25) is 0 Å². The molecule has 2 heterocycles. The predicted molar refractivity (Wildman–Crippen MR) is 65.1 cm³/mol. The monoisotopic (exact) mass is 248 g/mol. The van der Waals surface area contributed by atoms with E-state index >= 15 is 0 Å². The highest BCUT2D eigenvalue weighted by atomic mass is 16.7. The van der Waals surface area contributed by atoms with Gasteiger partial charge in [0.2, 0.25) is 0 Å². The van der Waals surface area contributed by atoms with Crippen LogP contribution in [0.25, 0.3) is 0 Å². The molecule has 2 aliphatic heterocycles. The zero-order valence-electron chi connectivity index (χ0n) is 10.2. The first-order chi connectivity index (χ1) is 8.83. The topological polar surface area (TPSA) is 44.8 Å². The average Bonchev–Trinajstić information content (AvgIpc) is 2.40. The van der Waals surface area contributed by atoms with Gasteiger partial charge in [-0.25, -0.2) is 0 Å². The summed E-state index contributed by atoms with van der Waals surface area (Å²) in [7, 11) is 0. The fourth-order valence-corrected chi connectivity index (χ4v) is 2.27. The standard InChI is InChI=1S/C14H16O4/c15-12-6-8-16-13-9-10(4-5-11(12)13)18-14-3-1-2-7-17-14/h4-5,9,14H,1-3,6-8H2. The van der Waals surface area contributed by atoms with Crippen molar-refractivity contribution in [2.75, 3.05) is 13.2 Å². The molecule has 0 amide bonds. The van der Waals surface area contributed by atoms with Gasteiger partial charge in [-0.1, -0.05) is 0 Å². The van der Waals surface area contributed by atoms with Crippen molar-refractivity contribution < 1.29 is 19.0 Å². The lowest BCUT2D eigenvalue weighted by Crippen LogP contribution is -2.25. The highest BCUT2D eigenvalue weighted by Gasteiger charge is 2.20. The van der Waals surface area contributed by atoms with Crippen molar-refractivity contribution in [3.05, 3.63) is 23.8 Å². The molecule has 1 unspecified atom stereocenters. The van der Waals surface area contributed by atoms with Gasteiger partial charge in [0, 0.05) is 18.9 Å². The van der Waals surface area contributed by atoms with Gasteiger partial charge in [0.15, 0.2) is 12.1 Å². The van der Waals surface area contributed by atoms with Crippen molar-refractivity contribution in [2.24, 2.45) is 0 Å². The highest BCUT2D eigenvalue weighted by Crippen LogP contribution is 2.30. The lowest BCUT2D eigenvalue weighted by molar-refractivity contribution is -0.105. The molecular formula is C14H16O4. The summed E-state index contributed by atoms with van der Waals surface area (Å²) >= 11 is 0. The van der Waals surface area contributed by atoms with Crippen LogP contribution in [0.3, 0.4) is 0 Å². The fourth-order valence-electron chi connectivity index (χ4n) is 2.27. The van der Waals surface area contributed by atoms with Gasteiger partial charge in [-0.05, 0) is 25.0 Å². The van der Waals surface area contributed by atoms with Gasteiger partial charge in [-0.2, -0.15) is 0 Å². The van der Waals surface area contributed by atoms with Gasteiger partial charge in [0.25, 0.3) is 0 Å². The molecule has 0 saturated carbocycles. The first kappa shape index (κ1) is 11.5. The van der Waals surface area contributed by atoms with Gasteiger partial charge in [0.05, 0.1) is 18.8 Å². The minimum absolute atomic E-state index is 0.136. The van der Waals surface area contributed by atoms with Crippen LogP contribution in [0.5, 0.6) is 11.5 Å². The van der Waals surface area contributed by atoms with Crippen molar-refractivity contribution in [1.29, 1.82) is 0 Å². The molecule has 0 radical (unpaired) electrons. The first-order valence-electron chi connectivity index (χ1n) is 6.41. The molecule has 3 rings (SSSR count). The Labute approximate surface area is 106 Å². The maximum atomic E-state index is 11.6. The Kier molecular flexibility index (Phi) is 3.19. The van der Waals surface area contributed by atoms with E-state index in [9.17, 15) is 4.79 Å². The van der Waals surface area contributed by atoms with Crippen molar-refractivity contribution >= 4 is 5.78 Å². The number of ketones is 1. The minimum Gasteiger partial charge on any atom is -0.492 e. The third-order valence-corrected chi connectivity index (χ3v) is 3.25. The maximum absolute atomic E-state index is 11.6. The lowest BCUT2D eigenvalue weighted by Gasteiger charge is -2.24. The zero-order chi connectivity index (χ0) is 12.4. The van der Waals surface area contributed by atoms with Crippen LogP contribution in [-0.2, 0) is 4.74 Å². The molecule has 18 heavy (non-hydrogen) atoms. The highest BCUT2D eigenvalue weighted by molar-refractivity contribution is 5.99. The third kappa shape index (κ3) is 2.34. The third-order valence-electron chi connectivity index (χ3n) is 3.25. The molecule has 96 valence electrons. The van der Waals surface area contributed by atoms with Crippen molar-refractivity contribution in [3.8, 4) is 11.5 Å². The van der Waals surface area contributed by atoms with Crippen LogP contribution in [-0.4, -0.2) is 25.3 Å². The Morgan fingerprint density at radius 3 is 3.00 bits per heavy atom. The van der Waals surface area contributed by atoms with Crippen LogP contribution in [0.1, 0.15) is 36.0 Å². The van der Waals surface area contributed by atoms with E-state index in [0.29, 0.717) is 30.1 Å². The molecule has 0 bridgehead atoms.